The third-order valence-electron chi connectivity index (χ3n) is 4.59. The summed E-state index contributed by atoms with van der Waals surface area (Å²) in [5, 5.41) is 11.2. The zero-order valence-corrected chi connectivity index (χ0v) is 16.9. The second-order valence-electron chi connectivity index (χ2n) is 6.79. The minimum atomic E-state index is -0.508. The number of anilines is 1. The lowest BCUT2D eigenvalue weighted by atomic mass is 10.1. The first-order valence-electron chi connectivity index (χ1n) is 9.64. The lowest BCUT2D eigenvalue weighted by Gasteiger charge is -2.21. The maximum Gasteiger partial charge on any atom is 0.343 e. The Morgan fingerprint density at radius 1 is 0.935 bits per heavy atom. The Morgan fingerprint density at radius 3 is 2.19 bits per heavy atom. The molecule has 1 heterocycles. The van der Waals surface area contributed by atoms with Crippen molar-refractivity contribution in [1.29, 1.82) is 0 Å². The summed E-state index contributed by atoms with van der Waals surface area (Å²) >= 11 is 0. The van der Waals surface area contributed by atoms with Crippen molar-refractivity contribution in [3.63, 3.8) is 0 Å². The molecule has 0 unspecified atom stereocenters. The first kappa shape index (κ1) is 21.5. The number of rotatable bonds is 9. The lowest BCUT2D eigenvalue weighted by Crippen LogP contribution is -2.22. The average Bonchev–Trinajstić information content (AvgIpc) is 2.76. The van der Waals surface area contributed by atoms with E-state index in [1.165, 1.54) is 6.08 Å². The van der Waals surface area contributed by atoms with Gasteiger partial charge in [-0.1, -0.05) is 42.5 Å². The summed E-state index contributed by atoms with van der Waals surface area (Å²) in [7, 11) is 0. The quantitative estimate of drug-likeness (QED) is 0.203. The molecule has 0 aliphatic heterocycles. The van der Waals surface area contributed by atoms with Gasteiger partial charge >= 0.3 is 5.63 Å². The smallest absolute Gasteiger partial charge is 0.343 e. The van der Waals surface area contributed by atoms with Crippen LogP contribution in [0.25, 0.3) is 29.2 Å². The fraction of sp³-hybridized carbons (Fsp3) is 0.0800. The summed E-state index contributed by atoms with van der Waals surface area (Å²) < 4.78 is 5.54. The molecule has 31 heavy (non-hydrogen) atoms. The molecule has 0 spiro atoms. The van der Waals surface area contributed by atoms with E-state index < -0.39 is 10.5 Å². The Bertz CT molecular complexity index is 1210. The predicted molar refractivity (Wildman–Crippen MR) is 126 cm³/mol. The van der Waals surface area contributed by atoms with E-state index >= 15 is 0 Å². The Labute approximate surface area is 179 Å². The fourth-order valence-electron chi connectivity index (χ4n) is 3.08. The highest BCUT2D eigenvalue weighted by Gasteiger charge is 2.08. The van der Waals surface area contributed by atoms with Gasteiger partial charge in [0.1, 0.15) is 5.58 Å². The molecule has 0 amide bonds. The molecule has 156 valence electrons. The van der Waals surface area contributed by atoms with Crippen LogP contribution in [0.3, 0.4) is 0 Å². The van der Waals surface area contributed by atoms with Gasteiger partial charge in [-0.3, -0.25) is 10.1 Å². The number of hydrogen-bond acceptors (Lipinski definition) is 5. The third kappa shape index (κ3) is 5.67. The van der Waals surface area contributed by atoms with Crippen LogP contribution in [0.4, 0.5) is 5.69 Å². The maximum atomic E-state index is 12.5. The number of hydrogen-bond donors (Lipinski definition) is 0. The summed E-state index contributed by atoms with van der Waals surface area (Å²) in [6.07, 6.45) is 9.42. The Balaban J connectivity index is 1.84. The summed E-state index contributed by atoms with van der Waals surface area (Å²) in [4.78, 5) is 24.4. The molecule has 2 aromatic carbocycles. The van der Waals surface area contributed by atoms with Crippen molar-refractivity contribution in [3.05, 3.63) is 117 Å². The Morgan fingerprint density at radius 2 is 1.58 bits per heavy atom. The van der Waals surface area contributed by atoms with Crippen LogP contribution in [0, 0.1) is 10.1 Å². The van der Waals surface area contributed by atoms with Crippen molar-refractivity contribution in [2.24, 2.45) is 0 Å². The monoisotopic (exact) mass is 414 g/mol. The van der Waals surface area contributed by atoms with E-state index in [0.717, 1.165) is 28.4 Å². The van der Waals surface area contributed by atoms with E-state index in [-0.39, 0.29) is 0 Å². The van der Waals surface area contributed by atoms with Gasteiger partial charge in [-0.2, -0.15) is 0 Å². The van der Waals surface area contributed by atoms with Crippen molar-refractivity contribution in [3.8, 4) is 0 Å². The van der Waals surface area contributed by atoms with E-state index in [4.69, 9.17) is 4.42 Å². The minimum Gasteiger partial charge on any atom is -0.422 e. The van der Waals surface area contributed by atoms with Gasteiger partial charge in [-0.25, -0.2) is 4.79 Å². The molecule has 0 saturated heterocycles. The topological polar surface area (TPSA) is 76.6 Å². The van der Waals surface area contributed by atoms with Gasteiger partial charge in [0.25, 0.3) is 0 Å². The second-order valence-corrected chi connectivity index (χ2v) is 6.79. The zero-order valence-electron chi connectivity index (χ0n) is 16.9. The van der Waals surface area contributed by atoms with Crippen LogP contribution in [0.1, 0.15) is 16.7 Å². The van der Waals surface area contributed by atoms with Crippen LogP contribution in [-0.4, -0.2) is 18.0 Å². The van der Waals surface area contributed by atoms with Gasteiger partial charge < -0.3 is 9.32 Å². The number of nitro groups is 1. The van der Waals surface area contributed by atoms with Crippen LogP contribution >= 0.6 is 0 Å². The molecular weight excluding hydrogens is 392 g/mol. The fourth-order valence-corrected chi connectivity index (χ4v) is 3.08. The van der Waals surface area contributed by atoms with Crippen molar-refractivity contribution in [1.82, 2.24) is 0 Å². The van der Waals surface area contributed by atoms with Gasteiger partial charge in [-0.05, 0) is 35.4 Å². The first-order chi connectivity index (χ1) is 15.0. The largest absolute Gasteiger partial charge is 0.422 e. The van der Waals surface area contributed by atoms with Crippen LogP contribution in [0.15, 0.2) is 89.3 Å². The standard InChI is InChI=1S/C25H22N2O4/c1-3-14-26(15-4-2)23-12-11-21-17-22(25(28)31-24(21)18-23)10-9-19-5-7-20(8-6-19)13-16-27(29)30/h3-13,16-18H,1-2,14-15H2. The van der Waals surface area contributed by atoms with Gasteiger partial charge in [0, 0.05) is 36.3 Å². The molecule has 6 nitrogen and oxygen atoms in total. The number of fused-ring (bicyclic) bond motifs is 1. The van der Waals surface area contributed by atoms with Crippen LogP contribution in [0.5, 0.6) is 0 Å². The molecule has 0 fully saturated rings. The second kappa shape index (κ2) is 10.0. The molecular formula is C25H22N2O4. The van der Waals surface area contributed by atoms with E-state index in [9.17, 15) is 14.9 Å². The Kier molecular flexibility index (Phi) is 6.96. The van der Waals surface area contributed by atoms with E-state index in [0.29, 0.717) is 24.2 Å². The molecule has 0 bridgehead atoms. The van der Waals surface area contributed by atoms with Crippen LogP contribution in [-0.2, 0) is 0 Å². The summed E-state index contributed by atoms with van der Waals surface area (Å²) in [5.74, 6) is 0. The summed E-state index contributed by atoms with van der Waals surface area (Å²) in [5.41, 5.74) is 3.02. The van der Waals surface area contributed by atoms with E-state index in [1.54, 1.807) is 30.4 Å². The van der Waals surface area contributed by atoms with E-state index in [2.05, 4.69) is 18.1 Å². The van der Waals surface area contributed by atoms with Crippen molar-refractivity contribution in [2.75, 3.05) is 18.0 Å². The highest BCUT2D eigenvalue weighted by molar-refractivity contribution is 5.83. The van der Waals surface area contributed by atoms with Gasteiger partial charge in [0.05, 0.1) is 10.5 Å². The van der Waals surface area contributed by atoms with Gasteiger partial charge in [0.15, 0.2) is 0 Å². The average molecular weight is 414 g/mol. The Hall–Kier alpha value is -4.19. The highest BCUT2D eigenvalue weighted by atomic mass is 16.6. The van der Waals surface area contributed by atoms with Gasteiger partial charge in [0.2, 0.25) is 6.20 Å². The molecule has 0 aliphatic rings. The van der Waals surface area contributed by atoms with Crippen molar-refractivity contribution in [2.45, 2.75) is 0 Å². The number of nitrogens with zero attached hydrogens (tertiary/aromatic N) is 2. The molecule has 0 saturated carbocycles. The molecule has 0 N–H and O–H groups in total. The van der Waals surface area contributed by atoms with Crippen molar-refractivity contribution >= 4 is 34.9 Å². The molecule has 0 radical (unpaired) electrons. The molecule has 0 atom stereocenters. The lowest BCUT2D eigenvalue weighted by molar-refractivity contribution is -0.400. The SMILES string of the molecule is C=CCN(CC=C)c1ccc2cc(C=Cc3ccc(C=C[N+](=O)[O-])cc3)c(=O)oc2c1. The van der Waals surface area contributed by atoms with Crippen LogP contribution < -0.4 is 10.5 Å². The summed E-state index contributed by atoms with van der Waals surface area (Å²) in [6.45, 7) is 8.86. The third-order valence-corrected chi connectivity index (χ3v) is 4.59. The minimum absolute atomic E-state index is 0.426. The normalized spacial score (nSPS) is 11.2. The summed E-state index contributed by atoms with van der Waals surface area (Å²) in [6, 6.07) is 14.7. The molecule has 3 rings (SSSR count). The van der Waals surface area contributed by atoms with Gasteiger partial charge in [-0.15, -0.1) is 13.2 Å². The molecule has 3 aromatic rings. The number of benzene rings is 2. The van der Waals surface area contributed by atoms with E-state index in [1.807, 2.05) is 42.5 Å². The molecule has 0 aliphatic carbocycles. The predicted octanol–water partition coefficient (Wildman–Crippen LogP) is 5.39. The van der Waals surface area contributed by atoms with Crippen LogP contribution in [0.2, 0.25) is 0 Å². The molecule has 1 aromatic heterocycles. The van der Waals surface area contributed by atoms with Crippen molar-refractivity contribution < 1.29 is 9.34 Å². The maximum absolute atomic E-state index is 12.5. The first-order valence-corrected chi connectivity index (χ1v) is 9.64. The molecule has 6 heteroatoms. The highest BCUT2D eigenvalue weighted by Crippen LogP contribution is 2.22. The zero-order chi connectivity index (χ0) is 22.2.